The molecule has 2 atom stereocenters. The van der Waals surface area contributed by atoms with Gasteiger partial charge < -0.3 is 15.0 Å². The lowest BCUT2D eigenvalue weighted by Gasteiger charge is -2.30. The normalized spacial score (nSPS) is 12.7. The Morgan fingerprint density at radius 1 is 1.14 bits per heavy atom. The molecule has 0 fully saturated rings. The number of aryl methyl sites for hydroxylation is 1. The van der Waals surface area contributed by atoms with Crippen LogP contribution in [-0.2, 0) is 16.1 Å². The van der Waals surface area contributed by atoms with Gasteiger partial charge in [0.25, 0.3) is 5.91 Å². The van der Waals surface area contributed by atoms with Gasteiger partial charge in [0.15, 0.2) is 6.61 Å². The summed E-state index contributed by atoms with van der Waals surface area (Å²) in [6, 6.07) is 14.2. The molecule has 0 radical (unpaired) electrons. The second-order valence-electron chi connectivity index (χ2n) is 7.21. The fraction of sp³-hybridized carbons (Fsp3) is 0.391. The Labute approximate surface area is 178 Å². The maximum absolute atomic E-state index is 13.0. The number of carbonyl (C=O) groups excluding carboxylic acids is 2. The Hall–Kier alpha value is -2.53. The Bertz CT molecular complexity index is 840. The van der Waals surface area contributed by atoms with Crippen LogP contribution in [0.2, 0.25) is 5.02 Å². The number of amides is 2. The Morgan fingerprint density at radius 2 is 1.86 bits per heavy atom. The summed E-state index contributed by atoms with van der Waals surface area (Å²) in [6.07, 6.45) is 0.813. The van der Waals surface area contributed by atoms with Gasteiger partial charge >= 0.3 is 0 Å². The van der Waals surface area contributed by atoms with Crippen molar-refractivity contribution in [1.29, 1.82) is 0 Å². The average molecular weight is 417 g/mol. The topological polar surface area (TPSA) is 58.6 Å². The van der Waals surface area contributed by atoms with E-state index < -0.39 is 6.04 Å². The third kappa shape index (κ3) is 6.79. The van der Waals surface area contributed by atoms with Crippen molar-refractivity contribution in [3.8, 4) is 5.75 Å². The van der Waals surface area contributed by atoms with Gasteiger partial charge in [0.1, 0.15) is 11.8 Å². The van der Waals surface area contributed by atoms with Crippen molar-refractivity contribution in [3.63, 3.8) is 0 Å². The van der Waals surface area contributed by atoms with E-state index in [-0.39, 0.29) is 31.0 Å². The first kappa shape index (κ1) is 22.8. The minimum absolute atomic E-state index is 0.0331. The maximum atomic E-state index is 13.0. The highest BCUT2D eigenvalue weighted by Crippen LogP contribution is 2.19. The lowest BCUT2D eigenvalue weighted by atomic mass is 10.1. The molecule has 6 heteroatoms. The minimum atomic E-state index is -0.658. The summed E-state index contributed by atoms with van der Waals surface area (Å²) in [5.74, 6) is 0.140. The van der Waals surface area contributed by atoms with E-state index in [9.17, 15) is 9.59 Å². The number of rotatable bonds is 9. The molecule has 0 aliphatic heterocycles. The zero-order valence-electron chi connectivity index (χ0n) is 17.4. The molecule has 0 unspecified atom stereocenters. The molecule has 0 aliphatic carbocycles. The highest BCUT2D eigenvalue weighted by molar-refractivity contribution is 6.31. The predicted octanol–water partition coefficient (Wildman–Crippen LogP) is 4.36. The van der Waals surface area contributed by atoms with Crippen LogP contribution in [-0.4, -0.2) is 35.4 Å². The molecule has 0 saturated carbocycles. The van der Waals surface area contributed by atoms with Crippen molar-refractivity contribution in [2.75, 3.05) is 6.61 Å². The first-order valence-electron chi connectivity index (χ1n) is 9.84. The van der Waals surface area contributed by atoms with Gasteiger partial charge in [0.05, 0.1) is 0 Å². The average Bonchev–Trinajstić information content (AvgIpc) is 2.70. The van der Waals surface area contributed by atoms with E-state index in [0.29, 0.717) is 10.8 Å². The Kier molecular flexibility index (Phi) is 8.52. The zero-order chi connectivity index (χ0) is 21.4. The number of hydrogen-bond acceptors (Lipinski definition) is 3. The van der Waals surface area contributed by atoms with E-state index in [4.69, 9.17) is 16.3 Å². The van der Waals surface area contributed by atoms with Crippen LogP contribution in [0, 0.1) is 6.92 Å². The number of nitrogens with one attached hydrogen (secondary N) is 1. The van der Waals surface area contributed by atoms with Crippen LogP contribution in [0.5, 0.6) is 5.75 Å². The number of hydrogen-bond donors (Lipinski definition) is 1. The van der Waals surface area contributed by atoms with Crippen molar-refractivity contribution in [2.45, 2.75) is 52.7 Å². The predicted molar refractivity (Wildman–Crippen MR) is 116 cm³/mol. The fourth-order valence-corrected chi connectivity index (χ4v) is 2.99. The number of carbonyl (C=O) groups is 2. The summed E-state index contributed by atoms with van der Waals surface area (Å²) >= 11 is 6.28. The maximum Gasteiger partial charge on any atom is 0.261 e. The van der Waals surface area contributed by atoms with Crippen molar-refractivity contribution in [3.05, 3.63) is 64.7 Å². The number of benzene rings is 2. The second kappa shape index (κ2) is 10.9. The van der Waals surface area contributed by atoms with Crippen molar-refractivity contribution in [1.82, 2.24) is 10.2 Å². The first-order valence-corrected chi connectivity index (χ1v) is 10.2. The largest absolute Gasteiger partial charge is 0.484 e. The molecule has 0 bridgehead atoms. The third-order valence-electron chi connectivity index (χ3n) is 4.82. The van der Waals surface area contributed by atoms with Gasteiger partial charge in [0.2, 0.25) is 5.91 Å². The SMILES string of the molecule is CC[C@H](C)NC(=O)[C@H](C)N(Cc1ccccc1Cl)C(=O)COc1cccc(C)c1. The summed E-state index contributed by atoms with van der Waals surface area (Å²) in [6.45, 7) is 7.68. The van der Waals surface area contributed by atoms with Crippen molar-refractivity contribution >= 4 is 23.4 Å². The number of ether oxygens (including phenoxy) is 1. The fourth-order valence-electron chi connectivity index (χ4n) is 2.79. The van der Waals surface area contributed by atoms with Crippen LogP contribution in [0.3, 0.4) is 0 Å². The molecule has 0 aliphatic rings. The lowest BCUT2D eigenvalue weighted by Crippen LogP contribution is -2.50. The van der Waals surface area contributed by atoms with Crippen LogP contribution in [0.4, 0.5) is 0 Å². The molecular weight excluding hydrogens is 388 g/mol. The van der Waals surface area contributed by atoms with Crippen LogP contribution in [0.25, 0.3) is 0 Å². The van der Waals surface area contributed by atoms with E-state index in [1.807, 2.05) is 57.2 Å². The molecule has 5 nitrogen and oxygen atoms in total. The molecule has 29 heavy (non-hydrogen) atoms. The van der Waals surface area contributed by atoms with Gasteiger partial charge in [0, 0.05) is 17.6 Å². The van der Waals surface area contributed by atoms with Crippen LogP contribution in [0.15, 0.2) is 48.5 Å². The van der Waals surface area contributed by atoms with Gasteiger partial charge in [-0.15, -0.1) is 0 Å². The minimum Gasteiger partial charge on any atom is -0.484 e. The first-order chi connectivity index (χ1) is 13.8. The van der Waals surface area contributed by atoms with Crippen molar-refractivity contribution < 1.29 is 14.3 Å². The van der Waals surface area contributed by atoms with Gasteiger partial charge in [-0.05, 0) is 56.5 Å². The van der Waals surface area contributed by atoms with Gasteiger partial charge in [-0.2, -0.15) is 0 Å². The number of halogens is 1. The van der Waals surface area contributed by atoms with E-state index in [1.54, 1.807) is 19.1 Å². The summed E-state index contributed by atoms with van der Waals surface area (Å²) in [4.78, 5) is 27.2. The standard InChI is InChI=1S/C23H29ClN2O3/c1-5-17(3)25-23(28)18(4)26(14-19-10-6-7-12-21(19)24)22(27)15-29-20-11-8-9-16(2)13-20/h6-13,17-18H,5,14-15H2,1-4H3,(H,25,28)/t17-,18-/m0/s1. The van der Waals surface area contributed by atoms with Crippen LogP contribution in [0.1, 0.15) is 38.3 Å². The molecule has 0 heterocycles. The Balaban J connectivity index is 2.17. The van der Waals surface area contributed by atoms with E-state index in [2.05, 4.69) is 5.32 Å². The highest BCUT2D eigenvalue weighted by atomic mass is 35.5. The van der Waals surface area contributed by atoms with Gasteiger partial charge in [-0.3, -0.25) is 9.59 Å². The zero-order valence-corrected chi connectivity index (χ0v) is 18.2. The van der Waals surface area contributed by atoms with Crippen molar-refractivity contribution in [2.24, 2.45) is 0 Å². The summed E-state index contributed by atoms with van der Waals surface area (Å²) < 4.78 is 5.67. The molecule has 2 rings (SSSR count). The number of nitrogens with zero attached hydrogens (tertiary/aromatic N) is 1. The molecule has 1 N–H and O–H groups in total. The molecular formula is C23H29ClN2O3. The molecule has 2 aromatic carbocycles. The molecule has 2 amide bonds. The smallest absolute Gasteiger partial charge is 0.261 e. The van der Waals surface area contributed by atoms with Crippen LogP contribution < -0.4 is 10.1 Å². The molecule has 0 spiro atoms. The van der Waals surface area contributed by atoms with Crippen LogP contribution >= 0.6 is 11.6 Å². The lowest BCUT2D eigenvalue weighted by molar-refractivity contribution is -0.142. The molecule has 0 aromatic heterocycles. The summed E-state index contributed by atoms with van der Waals surface area (Å²) in [5.41, 5.74) is 1.82. The summed E-state index contributed by atoms with van der Waals surface area (Å²) in [7, 11) is 0. The van der Waals surface area contributed by atoms with E-state index >= 15 is 0 Å². The third-order valence-corrected chi connectivity index (χ3v) is 5.19. The molecule has 2 aromatic rings. The highest BCUT2D eigenvalue weighted by Gasteiger charge is 2.27. The quantitative estimate of drug-likeness (QED) is 0.660. The Morgan fingerprint density at radius 3 is 2.52 bits per heavy atom. The second-order valence-corrected chi connectivity index (χ2v) is 7.62. The molecule has 0 saturated heterocycles. The summed E-state index contributed by atoms with van der Waals surface area (Å²) in [5, 5.41) is 3.49. The van der Waals surface area contributed by atoms with E-state index in [0.717, 1.165) is 17.5 Å². The monoisotopic (exact) mass is 416 g/mol. The van der Waals surface area contributed by atoms with Gasteiger partial charge in [-0.1, -0.05) is 48.9 Å². The van der Waals surface area contributed by atoms with E-state index in [1.165, 1.54) is 4.90 Å². The molecule has 156 valence electrons. The van der Waals surface area contributed by atoms with Gasteiger partial charge in [-0.25, -0.2) is 0 Å².